The summed E-state index contributed by atoms with van der Waals surface area (Å²) in [5, 5.41) is 10.8. The summed E-state index contributed by atoms with van der Waals surface area (Å²) in [5.41, 5.74) is 2.25. The molecule has 0 atom stereocenters. The topological polar surface area (TPSA) is 72.7 Å². The predicted molar refractivity (Wildman–Crippen MR) is 108 cm³/mol. The number of aliphatic imine (C=N–C) groups is 1. The van der Waals surface area contributed by atoms with E-state index in [-0.39, 0.29) is 24.0 Å². The van der Waals surface area contributed by atoms with E-state index in [9.17, 15) is 0 Å². The molecular formula is C17H24IN5O2. The van der Waals surface area contributed by atoms with Gasteiger partial charge in [-0.15, -0.1) is 24.0 Å². The molecule has 1 aliphatic heterocycles. The molecule has 0 saturated heterocycles. The summed E-state index contributed by atoms with van der Waals surface area (Å²) >= 11 is 0. The smallest absolute Gasteiger partial charge is 0.231 e. The van der Waals surface area contributed by atoms with Crippen molar-refractivity contribution in [2.45, 2.75) is 26.9 Å². The zero-order valence-electron chi connectivity index (χ0n) is 14.5. The van der Waals surface area contributed by atoms with Crippen LogP contribution in [0.3, 0.4) is 0 Å². The lowest BCUT2D eigenvalue weighted by atomic mass is 10.2. The van der Waals surface area contributed by atoms with Crippen LogP contribution in [0.5, 0.6) is 11.5 Å². The summed E-state index contributed by atoms with van der Waals surface area (Å²) in [4.78, 5) is 4.61. The SMILES string of the molecule is CCNC(=NCc1ccc2c(c1)OCO2)NCCn1cc(C)cn1.I. The molecule has 25 heavy (non-hydrogen) atoms. The van der Waals surface area contributed by atoms with Crippen LogP contribution >= 0.6 is 24.0 Å². The Labute approximate surface area is 164 Å². The summed E-state index contributed by atoms with van der Waals surface area (Å²) in [6, 6.07) is 5.91. The first-order chi connectivity index (χ1) is 11.7. The molecule has 1 aromatic heterocycles. The van der Waals surface area contributed by atoms with E-state index in [0.29, 0.717) is 13.3 Å². The minimum atomic E-state index is 0. The minimum Gasteiger partial charge on any atom is -0.454 e. The number of ether oxygens (including phenoxy) is 2. The van der Waals surface area contributed by atoms with E-state index in [0.717, 1.165) is 42.7 Å². The maximum absolute atomic E-state index is 5.40. The molecule has 0 aliphatic carbocycles. The molecule has 3 rings (SSSR count). The Morgan fingerprint density at radius 3 is 2.88 bits per heavy atom. The third-order valence-corrected chi connectivity index (χ3v) is 3.60. The van der Waals surface area contributed by atoms with Crippen molar-refractivity contribution in [3.05, 3.63) is 41.7 Å². The third kappa shape index (κ3) is 5.52. The lowest BCUT2D eigenvalue weighted by molar-refractivity contribution is 0.174. The first kappa shape index (κ1) is 19.4. The first-order valence-electron chi connectivity index (χ1n) is 8.14. The number of nitrogens with zero attached hydrogens (tertiary/aromatic N) is 3. The summed E-state index contributed by atoms with van der Waals surface area (Å²) < 4.78 is 12.6. The fourth-order valence-corrected chi connectivity index (χ4v) is 2.43. The molecular weight excluding hydrogens is 433 g/mol. The van der Waals surface area contributed by atoms with Gasteiger partial charge in [0.1, 0.15) is 0 Å². The van der Waals surface area contributed by atoms with Gasteiger partial charge in [-0.3, -0.25) is 4.68 Å². The van der Waals surface area contributed by atoms with E-state index in [1.165, 1.54) is 5.56 Å². The highest BCUT2D eigenvalue weighted by Gasteiger charge is 2.12. The fraction of sp³-hybridized carbons (Fsp3) is 0.412. The van der Waals surface area contributed by atoms with Crippen molar-refractivity contribution in [2.24, 2.45) is 4.99 Å². The van der Waals surface area contributed by atoms with Crippen LogP contribution in [0.25, 0.3) is 0 Å². The van der Waals surface area contributed by atoms with Crippen molar-refractivity contribution in [1.82, 2.24) is 20.4 Å². The van der Waals surface area contributed by atoms with Crippen LogP contribution in [-0.4, -0.2) is 35.6 Å². The van der Waals surface area contributed by atoms with Crippen molar-refractivity contribution < 1.29 is 9.47 Å². The number of hydrogen-bond acceptors (Lipinski definition) is 4. The minimum absolute atomic E-state index is 0. The molecule has 2 heterocycles. The summed E-state index contributed by atoms with van der Waals surface area (Å²) in [7, 11) is 0. The number of aromatic nitrogens is 2. The van der Waals surface area contributed by atoms with Gasteiger partial charge in [0.05, 0.1) is 19.3 Å². The lowest BCUT2D eigenvalue weighted by Gasteiger charge is -2.11. The highest BCUT2D eigenvalue weighted by molar-refractivity contribution is 14.0. The summed E-state index contributed by atoms with van der Waals surface area (Å²) in [6.45, 7) is 7.32. The lowest BCUT2D eigenvalue weighted by Crippen LogP contribution is -2.38. The molecule has 8 heteroatoms. The second-order valence-electron chi connectivity index (χ2n) is 5.59. The molecule has 0 spiro atoms. The van der Waals surface area contributed by atoms with E-state index in [1.54, 1.807) is 0 Å². The molecule has 0 amide bonds. The van der Waals surface area contributed by atoms with E-state index < -0.39 is 0 Å². The number of rotatable bonds is 6. The zero-order chi connectivity index (χ0) is 16.8. The van der Waals surface area contributed by atoms with Crippen molar-refractivity contribution in [1.29, 1.82) is 0 Å². The average molecular weight is 457 g/mol. The van der Waals surface area contributed by atoms with Crippen molar-refractivity contribution >= 4 is 29.9 Å². The second-order valence-corrected chi connectivity index (χ2v) is 5.59. The Kier molecular flexibility index (Phi) is 7.35. The highest BCUT2D eigenvalue weighted by atomic mass is 127. The Balaban J connectivity index is 0.00000225. The quantitative estimate of drug-likeness (QED) is 0.396. The van der Waals surface area contributed by atoms with Gasteiger partial charge in [-0.25, -0.2) is 4.99 Å². The standard InChI is InChI=1S/C17H23N5O2.HI/c1-3-18-17(19-6-7-22-11-13(2)9-21-22)20-10-14-4-5-15-16(8-14)24-12-23-15;/h4-5,8-9,11H,3,6-7,10,12H2,1-2H3,(H2,18,19,20);1H. The maximum Gasteiger partial charge on any atom is 0.231 e. The molecule has 7 nitrogen and oxygen atoms in total. The van der Waals surface area contributed by atoms with Gasteiger partial charge in [0.25, 0.3) is 0 Å². The molecule has 0 bridgehead atoms. The number of aryl methyl sites for hydroxylation is 1. The Morgan fingerprint density at radius 2 is 2.12 bits per heavy atom. The highest BCUT2D eigenvalue weighted by Crippen LogP contribution is 2.32. The van der Waals surface area contributed by atoms with Crippen molar-refractivity contribution in [2.75, 3.05) is 19.9 Å². The first-order valence-corrected chi connectivity index (χ1v) is 8.14. The molecule has 0 saturated carbocycles. The average Bonchev–Trinajstić information content (AvgIpc) is 3.20. The molecule has 0 unspecified atom stereocenters. The van der Waals surface area contributed by atoms with Gasteiger partial charge < -0.3 is 20.1 Å². The zero-order valence-corrected chi connectivity index (χ0v) is 16.8. The number of hydrogen-bond donors (Lipinski definition) is 2. The van der Waals surface area contributed by atoms with Gasteiger partial charge >= 0.3 is 0 Å². The molecule has 0 fully saturated rings. The van der Waals surface area contributed by atoms with Gasteiger partial charge in [0.2, 0.25) is 6.79 Å². The predicted octanol–water partition coefficient (Wildman–Crippen LogP) is 2.29. The number of nitrogens with one attached hydrogen (secondary N) is 2. The van der Waals surface area contributed by atoms with Gasteiger partial charge in [-0.05, 0) is 37.1 Å². The van der Waals surface area contributed by atoms with Gasteiger partial charge in [0.15, 0.2) is 17.5 Å². The van der Waals surface area contributed by atoms with Crippen LogP contribution < -0.4 is 20.1 Å². The number of benzene rings is 1. The second kappa shape index (κ2) is 9.50. The van der Waals surface area contributed by atoms with E-state index in [4.69, 9.17) is 9.47 Å². The van der Waals surface area contributed by atoms with Gasteiger partial charge in [-0.1, -0.05) is 6.07 Å². The van der Waals surface area contributed by atoms with Gasteiger partial charge in [0, 0.05) is 19.3 Å². The van der Waals surface area contributed by atoms with Crippen LogP contribution in [0, 0.1) is 6.92 Å². The Bertz CT molecular complexity index is 717. The van der Waals surface area contributed by atoms with Crippen molar-refractivity contribution in [3.8, 4) is 11.5 Å². The monoisotopic (exact) mass is 457 g/mol. The van der Waals surface area contributed by atoms with Crippen LogP contribution in [0.1, 0.15) is 18.1 Å². The summed E-state index contributed by atoms with van der Waals surface area (Å²) in [6.07, 6.45) is 3.89. The number of halogens is 1. The number of fused-ring (bicyclic) bond motifs is 1. The van der Waals surface area contributed by atoms with Crippen LogP contribution in [0.4, 0.5) is 0 Å². The summed E-state index contributed by atoms with van der Waals surface area (Å²) in [5.74, 6) is 2.37. The Morgan fingerprint density at radius 1 is 1.28 bits per heavy atom. The maximum atomic E-state index is 5.40. The Hall–Kier alpha value is -1.97. The third-order valence-electron chi connectivity index (χ3n) is 3.60. The normalized spacial score (nSPS) is 12.6. The largest absolute Gasteiger partial charge is 0.454 e. The molecule has 1 aliphatic rings. The molecule has 136 valence electrons. The van der Waals surface area contributed by atoms with Crippen molar-refractivity contribution in [3.63, 3.8) is 0 Å². The molecule has 2 aromatic rings. The van der Waals surface area contributed by atoms with Crippen LogP contribution in [-0.2, 0) is 13.1 Å². The van der Waals surface area contributed by atoms with Crippen LogP contribution in [0.15, 0.2) is 35.6 Å². The number of guanidine groups is 1. The molecule has 0 radical (unpaired) electrons. The molecule has 2 N–H and O–H groups in total. The fourth-order valence-electron chi connectivity index (χ4n) is 2.43. The molecule has 1 aromatic carbocycles. The van der Waals surface area contributed by atoms with E-state index in [2.05, 4.69) is 27.6 Å². The van der Waals surface area contributed by atoms with E-state index >= 15 is 0 Å². The van der Waals surface area contributed by atoms with E-state index in [1.807, 2.05) is 42.2 Å². The van der Waals surface area contributed by atoms with Crippen LogP contribution in [0.2, 0.25) is 0 Å². The van der Waals surface area contributed by atoms with Gasteiger partial charge in [-0.2, -0.15) is 5.10 Å².